The molecule has 0 amide bonds. The molecule has 0 fully saturated rings. The van der Waals surface area contributed by atoms with E-state index in [4.69, 9.17) is 0 Å². The molecule has 2 aromatic carbocycles. The molecule has 0 aliphatic rings. The first-order chi connectivity index (χ1) is 11.2. The summed E-state index contributed by atoms with van der Waals surface area (Å²) in [7, 11) is 0. The lowest BCUT2D eigenvalue weighted by molar-refractivity contribution is 1.37. The molecule has 3 aromatic rings. The van der Waals surface area contributed by atoms with Gasteiger partial charge < -0.3 is 0 Å². The normalized spacial score (nSPS) is 11.3. The van der Waals surface area contributed by atoms with Crippen LogP contribution in [0.3, 0.4) is 0 Å². The van der Waals surface area contributed by atoms with E-state index in [0.29, 0.717) is 5.57 Å². The average molecular weight is 381 g/mol. The smallest absolute Gasteiger partial charge is 0.134 e. The highest BCUT2D eigenvalue weighted by atomic mass is 79.9. The molecule has 0 atom stereocenters. The van der Waals surface area contributed by atoms with Gasteiger partial charge in [0.25, 0.3) is 0 Å². The number of aromatic nitrogens is 1. The van der Waals surface area contributed by atoms with Crippen LogP contribution in [0.1, 0.15) is 16.1 Å². The average Bonchev–Trinajstić information content (AvgIpc) is 3.04. The largest absolute Gasteiger partial charge is 0.235 e. The number of rotatable bonds is 3. The second-order valence-electron chi connectivity index (χ2n) is 5.13. The van der Waals surface area contributed by atoms with E-state index >= 15 is 0 Å². The van der Waals surface area contributed by atoms with Crippen molar-refractivity contribution in [2.75, 3.05) is 0 Å². The predicted molar refractivity (Wildman–Crippen MR) is 99.9 cm³/mol. The Morgan fingerprint density at radius 3 is 2.70 bits per heavy atom. The highest BCUT2D eigenvalue weighted by molar-refractivity contribution is 9.10. The molecule has 1 aromatic heterocycles. The SMILES string of the molecule is Cc1ccc(/C=C(/C#N)c2nc(-c3cccc(Br)c3)cs2)cc1. The van der Waals surface area contributed by atoms with Crippen LogP contribution in [-0.2, 0) is 0 Å². The summed E-state index contributed by atoms with van der Waals surface area (Å²) in [5.74, 6) is 0. The maximum atomic E-state index is 9.46. The number of hydrogen-bond donors (Lipinski definition) is 0. The predicted octanol–water partition coefficient (Wildman–Crippen LogP) is 5.95. The molecule has 0 spiro atoms. The molecule has 0 radical (unpaired) electrons. The lowest BCUT2D eigenvalue weighted by atomic mass is 10.1. The van der Waals surface area contributed by atoms with Crippen molar-refractivity contribution in [2.45, 2.75) is 6.92 Å². The van der Waals surface area contributed by atoms with E-state index in [0.717, 1.165) is 26.3 Å². The topological polar surface area (TPSA) is 36.7 Å². The van der Waals surface area contributed by atoms with E-state index < -0.39 is 0 Å². The van der Waals surface area contributed by atoms with E-state index in [1.165, 1.54) is 16.9 Å². The zero-order valence-corrected chi connectivity index (χ0v) is 14.9. The Kier molecular flexibility index (Phi) is 4.71. The van der Waals surface area contributed by atoms with Gasteiger partial charge in [-0.1, -0.05) is 57.9 Å². The van der Waals surface area contributed by atoms with Crippen LogP contribution in [0.5, 0.6) is 0 Å². The molecule has 0 aliphatic carbocycles. The van der Waals surface area contributed by atoms with Gasteiger partial charge in [0.15, 0.2) is 0 Å². The van der Waals surface area contributed by atoms with Gasteiger partial charge in [-0.05, 0) is 30.7 Å². The van der Waals surface area contributed by atoms with Crippen molar-refractivity contribution in [1.29, 1.82) is 5.26 Å². The van der Waals surface area contributed by atoms with Crippen LogP contribution in [0.2, 0.25) is 0 Å². The monoisotopic (exact) mass is 380 g/mol. The fourth-order valence-corrected chi connectivity index (χ4v) is 3.34. The summed E-state index contributed by atoms with van der Waals surface area (Å²) in [5, 5.41) is 12.2. The lowest BCUT2D eigenvalue weighted by Crippen LogP contribution is -1.83. The van der Waals surface area contributed by atoms with Gasteiger partial charge in [-0.3, -0.25) is 0 Å². The van der Waals surface area contributed by atoms with Gasteiger partial charge in [-0.25, -0.2) is 4.98 Å². The molecule has 1 heterocycles. The van der Waals surface area contributed by atoms with Crippen molar-refractivity contribution >= 4 is 38.9 Å². The molecule has 0 bridgehead atoms. The van der Waals surface area contributed by atoms with Gasteiger partial charge in [-0.2, -0.15) is 5.26 Å². The third-order valence-electron chi connectivity index (χ3n) is 3.36. The maximum absolute atomic E-state index is 9.46. The molecule has 0 N–H and O–H groups in total. The lowest BCUT2D eigenvalue weighted by Gasteiger charge is -1.98. The minimum absolute atomic E-state index is 0.583. The van der Waals surface area contributed by atoms with Crippen molar-refractivity contribution < 1.29 is 0 Å². The number of allylic oxidation sites excluding steroid dienone is 1. The maximum Gasteiger partial charge on any atom is 0.134 e. The highest BCUT2D eigenvalue weighted by Gasteiger charge is 2.09. The minimum atomic E-state index is 0.583. The van der Waals surface area contributed by atoms with Crippen LogP contribution >= 0.6 is 27.3 Å². The fraction of sp³-hybridized carbons (Fsp3) is 0.0526. The first kappa shape index (κ1) is 15.7. The summed E-state index contributed by atoms with van der Waals surface area (Å²) < 4.78 is 1.01. The van der Waals surface area contributed by atoms with Crippen LogP contribution in [0.15, 0.2) is 58.4 Å². The van der Waals surface area contributed by atoms with Gasteiger partial charge in [0.05, 0.1) is 11.3 Å². The molecule has 112 valence electrons. The summed E-state index contributed by atoms with van der Waals surface area (Å²) in [6.45, 7) is 2.05. The van der Waals surface area contributed by atoms with Crippen LogP contribution < -0.4 is 0 Å². The first-order valence-electron chi connectivity index (χ1n) is 7.06. The van der Waals surface area contributed by atoms with Gasteiger partial charge in [0.2, 0.25) is 0 Å². The molecule has 0 aliphatic heterocycles. The van der Waals surface area contributed by atoms with Crippen molar-refractivity contribution in [1.82, 2.24) is 4.98 Å². The molecule has 3 rings (SSSR count). The standard InChI is InChI=1S/C19H13BrN2S/c1-13-5-7-14(8-6-13)9-16(11-21)19-22-18(12-23-19)15-3-2-4-17(20)10-15/h2-10,12H,1H3/b16-9-. The summed E-state index contributed by atoms with van der Waals surface area (Å²) in [6, 6.07) is 18.3. The van der Waals surface area contributed by atoms with Gasteiger partial charge in [0, 0.05) is 15.4 Å². The molecule has 0 saturated carbocycles. The number of hydrogen-bond acceptors (Lipinski definition) is 3. The second-order valence-corrected chi connectivity index (χ2v) is 6.90. The number of nitriles is 1. The fourth-order valence-electron chi connectivity index (χ4n) is 2.15. The Morgan fingerprint density at radius 2 is 2.00 bits per heavy atom. The van der Waals surface area contributed by atoms with Gasteiger partial charge >= 0.3 is 0 Å². The van der Waals surface area contributed by atoms with Crippen LogP contribution in [-0.4, -0.2) is 4.98 Å². The highest BCUT2D eigenvalue weighted by Crippen LogP contribution is 2.28. The number of nitrogens with zero attached hydrogens (tertiary/aromatic N) is 2. The first-order valence-corrected chi connectivity index (χ1v) is 8.73. The zero-order chi connectivity index (χ0) is 16.2. The molecule has 23 heavy (non-hydrogen) atoms. The summed E-state index contributed by atoms with van der Waals surface area (Å²) in [5.41, 5.74) is 4.71. The Hall–Kier alpha value is -2.22. The molecule has 4 heteroatoms. The van der Waals surface area contributed by atoms with E-state index in [-0.39, 0.29) is 0 Å². The van der Waals surface area contributed by atoms with Crippen molar-refractivity contribution in [2.24, 2.45) is 0 Å². The number of aryl methyl sites for hydroxylation is 1. The van der Waals surface area contributed by atoms with Crippen LogP contribution in [0, 0.1) is 18.3 Å². The zero-order valence-electron chi connectivity index (χ0n) is 12.5. The van der Waals surface area contributed by atoms with E-state index in [9.17, 15) is 5.26 Å². The molecule has 2 nitrogen and oxygen atoms in total. The quantitative estimate of drug-likeness (QED) is 0.526. The molecular formula is C19H13BrN2S. The van der Waals surface area contributed by atoms with Gasteiger partial charge in [-0.15, -0.1) is 11.3 Å². The van der Waals surface area contributed by atoms with Crippen LogP contribution in [0.25, 0.3) is 22.9 Å². The van der Waals surface area contributed by atoms with Gasteiger partial charge in [0.1, 0.15) is 11.1 Å². The summed E-state index contributed by atoms with van der Waals surface area (Å²) >= 11 is 4.96. The van der Waals surface area contributed by atoms with Crippen molar-refractivity contribution in [3.05, 3.63) is 74.5 Å². The van der Waals surface area contributed by atoms with Crippen molar-refractivity contribution in [3.63, 3.8) is 0 Å². The van der Waals surface area contributed by atoms with E-state index in [2.05, 4.69) is 27.0 Å². The number of thiazole rings is 1. The van der Waals surface area contributed by atoms with Crippen LogP contribution in [0.4, 0.5) is 0 Å². The Labute approximate surface area is 147 Å². The Morgan fingerprint density at radius 1 is 1.22 bits per heavy atom. The molecular weight excluding hydrogens is 368 g/mol. The Balaban J connectivity index is 1.94. The minimum Gasteiger partial charge on any atom is -0.235 e. The number of halogens is 1. The third kappa shape index (κ3) is 3.76. The number of benzene rings is 2. The second kappa shape index (κ2) is 6.91. The summed E-state index contributed by atoms with van der Waals surface area (Å²) in [6.07, 6.45) is 1.88. The van der Waals surface area contributed by atoms with E-state index in [1.807, 2.05) is 66.9 Å². The Bertz CT molecular complexity index is 902. The summed E-state index contributed by atoms with van der Waals surface area (Å²) in [4.78, 5) is 4.61. The van der Waals surface area contributed by atoms with E-state index in [1.54, 1.807) is 0 Å². The molecule has 0 unspecified atom stereocenters. The molecule has 0 saturated heterocycles. The third-order valence-corrected chi connectivity index (χ3v) is 4.73. The van der Waals surface area contributed by atoms with Crippen molar-refractivity contribution in [3.8, 4) is 17.3 Å².